The topological polar surface area (TPSA) is 76.4 Å². The molecule has 1 aliphatic rings. The number of aliphatic hydroxyl groups is 1. The average molecular weight is 427 g/mol. The zero-order valence-corrected chi connectivity index (χ0v) is 15.1. The predicted molar refractivity (Wildman–Crippen MR) is 92.9 cm³/mol. The second-order valence-corrected chi connectivity index (χ2v) is 6.72. The first-order valence-corrected chi connectivity index (χ1v) is 8.42. The van der Waals surface area contributed by atoms with Crippen molar-refractivity contribution in [3.05, 3.63) is 49.8 Å². The first kappa shape index (κ1) is 16.4. The number of halogens is 1. The normalized spacial score (nSPS) is 14.7. The van der Waals surface area contributed by atoms with Crippen LogP contribution in [-0.2, 0) is 24.9 Å². The number of fused-ring (bicyclic) bond motifs is 1. The molecule has 2 aromatic rings. The SMILES string of the molecule is Cc1c(C(O)CNCc2cc(I)n(C)n2)ccc2c1COC2=O. The summed E-state index contributed by atoms with van der Waals surface area (Å²) in [5, 5.41) is 18.0. The first-order chi connectivity index (χ1) is 11.0. The summed E-state index contributed by atoms with van der Waals surface area (Å²) in [6.07, 6.45) is -0.640. The molecule has 2 N–H and O–H groups in total. The molecule has 23 heavy (non-hydrogen) atoms. The van der Waals surface area contributed by atoms with Gasteiger partial charge in [0.15, 0.2) is 0 Å². The quantitative estimate of drug-likeness (QED) is 0.563. The molecule has 1 aromatic heterocycles. The fourth-order valence-corrected chi connectivity index (χ4v) is 3.23. The standard InChI is InChI=1S/C16H18IN3O3/c1-9-11(3-4-12-13(9)8-23-16(12)22)14(21)7-18-6-10-5-15(17)20(2)19-10/h3-5,14,18,21H,6-8H2,1-2H3. The number of nitrogens with zero attached hydrogens (tertiary/aromatic N) is 2. The molecule has 6 nitrogen and oxygen atoms in total. The smallest absolute Gasteiger partial charge is 0.338 e. The van der Waals surface area contributed by atoms with Crippen LogP contribution in [0.2, 0.25) is 0 Å². The molecule has 7 heteroatoms. The number of benzene rings is 1. The van der Waals surface area contributed by atoms with Crippen molar-refractivity contribution >= 4 is 28.6 Å². The van der Waals surface area contributed by atoms with E-state index in [2.05, 4.69) is 33.0 Å². The van der Waals surface area contributed by atoms with Crippen LogP contribution in [0.25, 0.3) is 0 Å². The number of hydrogen-bond donors (Lipinski definition) is 2. The number of ether oxygens (including phenoxy) is 1. The summed E-state index contributed by atoms with van der Waals surface area (Å²) in [6, 6.07) is 5.54. The van der Waals surface area contributed by atoms with Crippen LogP contribution in [0.3, 0.4) is 0 Å². The van der Waals surface area contributed by atoms with Gasteiger partial charge in [0, 0.05) is 25.7 Å². The number of cyclic esters (lactones) is 1. The van der Waals surface area contributed by atoms with Gasteiger partial charge < -0.3 is 15.2 Å². The number of aromatic nitrogens is 2. The van der Waals surface area contributed by atoms with Crippen LogP contribution in [0.5, 0.6) is 0 Å². The number of carbonyl (C=O) groups is 1. The number of hydrogen-bond acceptors (Lipinski definition) is 5. The van der Waals surface area contributed by atoms with E-state index in [1.54, 1.807) is 12.1 Å². The summed E-state index contributed by atoms with van der Waals surface area (Å²) in [5.41, 5.74) is 4.18. The highest BCUT2D eigenvalue weighted by atomic mass is 127. The van der Waals surface area contributed by atoms with E-state index in [1.807, 2.05) is 24.7 Å². The molecule has 0 radical (unpaired) electrons. The van der Waals surface area contributed by atoms with Crippen molar-refractivity contribution in [2.45, 2.75) is 26.2 Å². The van der Waals surface area contributed by atoms with E-state index < -0.39 is 6.10 Å². The summed E-state index contributed by atoms with van der Waals surface area (Å²) in [5.74, 6) is -0.285. The molecular weight excluding hydrogens is 409 g/mol. The second kappa shape index (κ2) is 6.58. The van der Waals surface area contributed by atoms with Gasteiger partial charge in [-0.05, 0) is 52.8 Å². The van der Waals surface area contributed by atoms with Crippen LogP contribution in [-0.4, -0.2) is 27.4 Å². The third-order valence-electron chi connectivity index (χ3n) is 4.08. The van der Waals surface area contributed by atoms with Crippen molar-refractivity contribution in [1.29, 1.82) is 0 Å². The van der Waals surface area contributed by atoms with Gasteiger partial charge in [0.05, 0.1) is 21.1 Å². The lowest BCUT2D eigenvalue weighted by Crippen LogP contribution is -2.22. The number of nitrogens with one attached hydrogen (secondary N) is 1. The van der Waals surface area contributed by atoms with Crippen molar-refractivity contribution in [3.63, 3.8) is 0 Å². The number of aryl methyl sites for hydroxylation is 1. The van der Waals surface area contributed by atoms with Crippen LogP contribution in [0.15, 0.2) is 18.2 Å². The average Bonchev–Trinajstić information content (AvgIpc) is 3.03. The van der Waals surface area contributed by atoms with Gasteiger partial charge in [-0.2, -0.15) is 5.10 Å². The molecule has 0 spiro atoms. The van der Waals surface area contributed by atoms with Gasteiger partial charge in [-0.1, -0.05) is 6.07 Å². The third kappa shape index (κ3) is 3.26. The molecule has 3 rings (SSSR count). The molecule has 2 heterocycles. The molecule has 1 unspecified atom stereocenters. The maximum Gasteiger partial charge on any atom is 0.338 e. The zero-order chi connectivity index (χ0) is 16.6. The van der Waals surface area contributed by atoms with Gasteiger partial charge >= 0.3 is 5.97 Å². The fraction of sp³-hybridized carbons (Fsp3) is 0.375. The zero-order valence-electron chi connectivity index (χ0n) is 13.0. The van der Waals surface area contributed by atoms with Crippen LogP contribution in [0, 0.1) is 10.6 Å². The molecule has 0 saturated carbocycles. The molecule has 0 saturated heterocycles. The minimum Gasteiger partial charge on any atom is -0.457 e. The third-order valence-corrected chi connectivity index (χ3v) is 5.09. The fourth-order valence-electron chi connectivity index (χ4n) is 2.76. The summed E-state index contributed by atoms with van der Waals surface area (Å²) < 4.78 is 7.93. The van der Waals surface area contributed by atoms with Crippen molar-refractivity contribution in [3.8, 4) is 0 Å². The molecule has 0 amide bonds. The van der Waals surface area contributed by atoms with Crippen molar-refractivity contribution in [2.75, 3.05) is 6.54 Å². The number of rotatable bonds is 5. The van der Waals surface area contributed by atoms with E-state index in [4.69, 9.17) is 4.74 Å². The molecule has 0 bridgehead atoms. The Kier molecular flexibility index (Phi) is 4.69. The summed E-state index contributed by atoms with van der Waals surface area (Å²) in [4.78, 5) is 11.6. The second-order valence-electron chi connectivity index (χ2n) is 5.61. The molecule has 1 aliphatic heterocycles. The molecule has 1 aromatic carbocycles. The lowest BCUT2D eigenvalue weighted by molar-refractivity contribution is 0.0535. The minimum atomic E-state index is -0.640. The van der Waals surface area contributed by atoms with Gasteiger partial charge in [0.25, 0.3) is 0 Å². The largest absolute Gasteiger partial charge is 0.457 e. The summed E-state index contributed by atoms with van der Waals surface area (Å²) >= 11 is 2.23. The van der Waals surface area contributed by atoms with E-state index in [9.17, 15) is 9.90 Å². The Morgan fingerprint density at radius 1 is 1.52 bits per heavy atom. The maximum atomic E-state index is 11.6. The Morgan fingerprint density at radius 2 is 2.30 bits per heavy atom. The Labute approximate surface area is 148 Å². The highest BCUT2D eigenvalue weighted by molar-refractivity contribution is 14.1. The van der Waals surface area contributed by atoms with E-state index in [-0.39, 0.29) is 5.97 Å². The van der Waals surface area contributed by atoms with Gasteiger partial charge in [-0.25, -0.2) is 4.79 Å². The lowest BCUT2D eigenvalue weighted by Gasteiger charge is -2.16. The van der Waals surface area contributed by atoms with Crippen molar-refractivity contribution in [1.82, 2.24) is 15.1 Å². The molecule has 122 valence electrons. The lowest BCUT2D eigenvalue weighted by atomic mass is 9.95. The van der Waals surface area contributed by atoms with E-state index in [1.165, 1.54) is 0 Å². The molecule has 0 fully saturated rings. The Bertz CT molecular complexity index is 738. The van der Waals surface area contributed by atoms with Crippen molar-refractivity contribution < 1.29 is 14.6 Å². The molecular formula is C16H18IN3O3. The number of aliphatic hydroxyl groups excluding tert-OH is 1. The molecule has 0 aliphatic carbocycles. The van der Waals surface area contributed by atoms with Crippen LogP contribution in [0.1, 0.15) is 38.8 Å². The summed E-state index contributed by atoms with van der Waals surface area (Å²) in [7, 11) is 1.90. The van der Waals surface area contributed by atoms with Crippen LogP contribution < -0.4 is 5.32 Å². The number of esters is 1. The van der Waals surface area contributed by atoms with Gasteiger partial charge in [0.2, 0.25) is 0 Å². The maximum absolute atomic E-state index is 11.6. The Hall–Kier alpha value is -1.45. The summed E-state index contributed by atoms with van der Waals surface area (Å²) in [6.45, 7) is 3.22. The van der Waals surface area contributed by atoms with Crippen LogP contribution in [0.4, 0.5) is 0 Å². The van der Waals surface area contributed by atoms with Gasteiger partial charge in [0.1, 0.15) is 6.61 Å². The van der Waals surface area contributed by atoms with Crippen LogP contribution >= 0.6 is 22.6 Å². The van der Waals surface area contributed by atoms with E-state index in [0.717, 1.165) is 26.1 Å². The van der Waals surface area contributed by atoms with Crippen molar-refractivity contribution in [2.24, 2.45) is 7.05 Å². The van der Waals surface area contributed by atoms with Gasteiger partial charge in [-0.3, -0.25) is 4.68 Å². The minimum absolute atomic E-state index is 0.285. The van der Waals surface area contributed by atoms with Gasteiger partial charge in [-0.15, -0.1) is 0 Å². The molecule has 1 atom stereocenters. The Morgan fingerprint density at radius 3 is 3.00 bits per heavy atom. The highest BCUT2D eigenvalue weighted by Crippen LogP contribution is 2.28. The first-order valence-electron chi connectivity index (χ1n) is 7.34. The predicted octanol–water partition coefficient (Wildman–Crippen LogP) is 1.83. The van der Waals surface area contributed by atoms with E-state index >= 15 is 0 Å². The Balaban J connectivity index is 1.65. The number of carbonyl (C=O) groups excluding carboxylic acids is 1. The monoisotopic (exact) mass is 427 g/mol. The van der Waals surface area contributed by atoms with E-state index in [0.29, 0.717) is 25.3 Å². The highest BCUT2D eigenvalue weighted by Gasteiger charge is 2.25.